The van der Waals surface area contributed by atoms with E-state index in [1.54, 1.807) is 30.3 Å². The van der Waals surface area contributed by atoms with E-state index in [9.17, 15) is 5.11 Å². The molecule has 1 aliphatic rings. The zero-order chi connectivity index (χ0) is 16.0. The second kappa shape index (κ2) is 5.37. The minimum Gasteiger partial charge on any atom is -0.508 e. The Bertz CT molecular complexity index is 967. The molecule has 0 saturated heterocycles. The van der Waals surface area contributed by atoms with E-state index in [0.717, 1.165) is 22.4 Å². The smallest absolute Gasteiger partial charge is 0.205 e. The van der Waals surface area contributed by atoms with Crippen molar-refractivity contribution >= 4 is 23.8 Å². The summed E-state index contributed by atoms with van der Waals surface area (Å²) in [6, 6.07) is 12.3. The van der Waals surface area contributed by atoms with Gasteiger partial charge in [-0.3, -0.25) is 0 Å². The Kier molecular flexibility index (Phi) is 3.32. The van der Waals surface area contributed by atoms with Crippen molar-refractivity contribution in [1.29, 1.82) is 0 Å². The first kappa shape index (κ1) is 14.2. The van der Waals surface area contributed by atoms with Gasteiger partial charge in [-0.1, -0.05) is 23.8 Å². The molecule has 0 radical (unpaired) electrons. The standard InChI is InChI=1S/C17H11ClN2O2S/c18-11-3-6-14-10(7-11)8-13-16(22-14)19-15(20-17(13)23)9-1-4-12(21)5-2-9/h1-7,21H,8H2,(H,19,20,23). The van der Waals surface area contributed by atoms with Gasteiger partial charge in [0.15, 0.2) is 0 Å². The van der Waals surface area contributed by atoms with Crippen LogP contribution in [0.3, 0.4) is 0 Å². The minimum atomic E-state index is 0.201. The number of aromatic hydroxyl groups is 1. The number of fused-ring (bicyclic) bond motifs is 2. The molecule has 0 atom stereocenters. The van der Waals surface area contributed by atoms with Gasteiger partial charge in [0.25, 0.3) is 0 Å². The molecular weight excluding hydrogens is 332 g/mol. The van der Waals surface area contributed by atoms with Gasteiger partial charge in [0, 0.05) is 22.6 Å². The number of nitrogens with one attached hydrogen (secondary N) is 1. The molecule has 2 heterocycles. The molecule has 0 aliphatic carbocycles. The van der Waals surface area contributed by atoms with Crippen molar-refractivity contribution in [2.24, 2.45) is 0 Å². The van der Waals surface area contributed by atoms with Gasteiger partial charge in [0.1, 0.15) is 22.0 Å². The van der Waals surface area contributed by atoms with Crippen molar-refractivity contribution in [3.05, 3.63) is 63.3 Å². The molecule has 0 spiro atoms. The number of ether oxygens (including phenoxy) is 1. The highest BCUT2D eigenvalue weighted by molar-refractivity contribution is 7.71. The predicted octanol–water partition coefficient (Wildman–Crippen LogP) is 4.86. The van der Waals surface area contributed by atoms with E-state index in [-0.39, 0.29) is 5.75 Å². The van der Waals surface area contributed by atoms with Crippen LogP contribution in [0.2, 0.25) is 5.02 Å². The van der Waals surface area contributed by atoms with E-state index in [2.05, 4.69) is 9.97 Å². The Morgan fingerprint density at radius 2 is 1.96 bits per heavy atom. The quantitative estimate of drug-likeness (QED) is 0.485. The molecule has 0 bridgehead atoms. The lowest BCUT2D eigenvalue weighted by molar-refractivity contribution is 0.439. The van der Waals surface area contributed by atoms with Crippen molar-refractivity contribution in [3.63, 3.8) is 0 Å². The molecule has 4 rings (SSSR count). The minimum absolute atomic E-state index is 0.201. The van der Waals surface area contributed by atoms with Crippen LogP contribution in [-0.2, 0) is 6.42 Å². The Balaban J connectivity index is 1.81. The molecule has 1 aliphatic heterocycles. The van der Waals surface area contributed by atoms with Crippen molar-refractivity contribution in [1.82, 2.24) is 9.97 Å². The maximum Gasteiger partial charge on any atom is 0.205 e. The SMILES string of the molecule is Oc1ccc(-c2nc(=S)c3c([nH]2)Oc2ccc(Cl)cc2C3)cc1. The van der Waals surface area contributed by atoms with Gasteiger partial charge in [0.05, 0.1) is 5.56 Å². The van der Waals surface area contributed by atoms with E-state index in [4.69, 9.17) is 28.6 Å². The lowest BCUT2D eigenvalue weighted by Gasteiger charge is -2.20. The molecule has 6 heteroatoms. The molecule has 2 N–H and O–H groups in total. The molecule has 2 aromatic carbocycles. The van der Waals surface area contributed by atoms with E-state index in [0.29, 0.717) is 27.8 Å². The van der Waals surface area contributed by atoms with E-state index < -0.39 is 0 Å². The average molecular weight is 343 g/mol. The van der Waals surface area contributed by atoms with Crippen LogP contribution in [0, 0.1) is 4.64 Å². The average Bonchev–Trinajstić information content (AvgIpc) is 2.54. The number of halogens is 1. The fourth-order valence-corrected chi connectivity index (χ4v) is 3.01. The van der Waals surface area contributed by atoms with Crippen LogP contribution in [0.4, 0.5) is 0 Å². The lowest BCUT2D eigenvalue weighted by atomic mass is 10.0. The molecule has 0 unspecified atom stereocenters. The van der Waals surface area contributed by atoms with Gasteiger partial charge in [0.2, 0.25) is 5.88 Å². The highest BCUT2D eigenvalue weighted by atomic mass is 35.5. The van der Waals surface area contributed by atoms with Crippen LogP contribution in [-0.4, -0.2) is 15.1 Å². The van der Waals surface area contributed by atoms with E-state index in [1.807, 2.05) is 12.1 Å². The number of hydrogen-bond acceptors (Lipinski definition) is 4. The Hall–Kier alpha value is -2.37. The van der Waals surface area contributed by atoms with Gasteiger partial charge < -0.3 is 14.8 Å². The number of hydrogen-bond donors (Lipinski definition) is 2. The van der Waals surface area contributed by atoms with E-state index >= 15 is 0 Å². The van der Waals surface area contributed by atoms with Crippen molar-refractivity contribution in [2.75, 3.05) is 0 Å². The van der Waals surface area contributed by atoms with Crippen molar-refractivity contribution in [2.45, 2.75) is 6.42 Å². The summed E-state index contributed by atoms with van der Waals surface area (Å²) in [5.41, 5.74) is 2.66. The number of rotatable bonds is 1. The van der Waals surface area contributed by atoms with Gasteiger partial charge >= 0.3 is 0 Å². The monoisotopic (exact) mass is 342 g/mol. The molecule has 0 fully saturated rings. The zero-order valence-electron chi connectivity index (χ0n) is 11.8. The summed E-state index contributed by atoms with van der Waals surface area (Å²) < 4.78 is 6.42. The molecule has 3 aromatic rings. The summed E-state index contributed by atoms with van der Waals surface area (Å²) in [5.74, 6) is 2.16. The first-order valence-electron chi connectivity index (χ1n) is 6.99. The summed E-state index contributed by atoms with van der Waals surface area (Å²) in [5, 5.41) is 10.1. The second-order valence-electron chi connectivity index (χ2n) is 5.28. The largest absolute Gasteiger partial charge is 0.508 e. The third-order valence-electron chi connectivity index (χ3n) is 3.72. The number of H-pyrrole nitrogens is 1. The second-order valence-corrected chi connectivity index (χ2v) is 6.10. The van der Waals surface area contributed by atoms with Crippen molar-refractivity contribution in [3.8, 4) is 28.8 Å². The predicted molar refractivity (Wildman–Crippen MR) is 90.9 cm³/mol. The van der Waals surface area contributed by atoms with Gasteiger partial charge in [-0.2, -0.15) is 0 Å². The molecule has 4 nitrogen and oxygen atoms in total. The summed E-state index contributed by atoms with van der Waals surface area (Å²) in [6.07, 6.45) is 0.628. The fourth-order valence-electron chi connectivity index (χ4n) is 2.56. The summed E-state index contributed by atoms with van der Waals surface area (Å²) in [4.78, 5) is 7.63. The number of phenolic OH excluding ortho intramolecular Hbond substituents is 1. The Morgan fingerprint density at radius 1 is 1.17 bits per heavy atom. The van der Waals surface area contributed by atoms with E-state index in [1.165, 1.54) is 0 Å². The topological polar surface area (TPSA) is 58.1 Å². The Morgan fingerprint density at radius 3 is 2.74 bits per heavy atom. The molecule has 0 amide bonds. The maximum absolute atomic E-state index is 9.40. The summed E-state index contributed by atoms with van der Waals surface area (Å²) in [6.45, 7) is 0. The third kappa shape index (κ3) is 2.58. The lowest BCUT2D eigenvalue weighted by Crippen LogP contribution is -2.07. The van der Waals surface area contributed by atoms with Crippen LogP contribution in [0.1, 0.15) is 11.1 Å². The van der Waals surface area contributed by atoms with Crippen LogP contribution in [0.5, 0.6) is 17.4 Å². The van der Waals surface area contributed by atoms with Crippen LogP contribution in [0.15, 0.2) is 42.5 Å². The number of aromatic amines is 1. The highest BCUT2D eigenvalue weighted by Crippen LogP contribution is 2.37. The third-order valence-corrected chi connectivity index (χ3v) is 4.29. The normalized spacial score (nSPS) is 12.2. The Labute approximate surface area is 142 Å². The molecular formula is C17H11ClN2O2S. The maximum atomic E-state index is 9.40. The first-order chi connectivity index (χ1) is 11.1. The van der Waals surface area contributed by atoms with Crippen molar-refractivity contribution < 1.29 is 9.84 Å². The molecule has 0 saturated carbocycles. The number of nitrogens with zero attached hydrogens (tertiary/aromatic N) is 1. The van der Waals surface area contributed by atoms with Crippen LogP contribution < -0.4 is 4.74 Å². The molecule has 114 valence electrons. The molecule has 1 aromatic heterocycles. The zero-order valence-corrected chi connectivity index (χ0v) is 13.4. The number of benzene rings is 2. The highest BCUT2D eigenvalue weighted by Gasteiger charge is 2.20. The molecule has 23 heavy (non-hydrogen) atoms. The first-order valence-corrected chi connectivity index (χ1v) is 7.77. The van der Waals surface area contributed by atoms with Gasteiger partial charge in [-0.15, -0.1) is 0 Å². The van der Waals surface area contributed by atoms with Crippen LogP contribution in [0.25, 0.3) is 11.4 Å². The van der Waals surface area contributed by atoms with Gasteiger partial charge in [-0.05, 0) is 42.5 Å². The number of phenols is 1. The summed E-state index contributed by atoms with van der Waals surface area (Å²) >= 11 is 11.5. The van der Waals surface area contributed by atoms with Gasteiger partial charge in [-0.25, -0.2) is 4.98 Å². The number of aromatic nitrogens is 2. The van der Waals surface area contributed by atoms with Crippen LogP contribution >= 0.6 is 23.8 Å². The fraction of sp³-hybridized carbons (Fsp3) is 0.0588. The summed E-state index contributed by atoms with van der Waals surface area (Å²) in [7, 11) is 0.